The van der Waals surface area contributed by atoms with Crippen LogP contribution in [-0.4, -0.2) is 19.9 Å². The van der Waals surface area contributed by atoms with E-state index in [4.69, 9.17) is 5.84 Å². The van der Waals surface area contributed by atoms with E-state index >= 15 is 0 Å². The van der Waals surface area contributed by atoms with Crippen LogP contribution >= 0.6 is 0 Å². The molecule has 18 heavy (non-hydrogen) atoms. The van der Waals surface area contributed by atoms with Gasteiger partial charge in [0.25, 0.3) is 0 Å². The first kappa shape index (κ1) is 13.3. The number of hydrazine groups is 1. The Balaban J connectivity index is 2.11. The van der Waals surface area contributed by atoms with Crippen molar-refractivity contribution in [2.45, 2.75) is 25.2 Å². The fourth-order valence-electron chi connectivity index (χ4n) is 1.93. The summed E-state index contributed by atoms with van der Waals surface area (Å²) < 4.78 is 26.8. The van der Waals surface area contributed by atoms with E-state index in [2.05, 4.69) is 29.0 Å². The van der Waals surface area contributed by atoms with E-state index in [1.165, 1.54) is 18.5 Å². The van der Waals surface area contributed by atoms with Gasteiger partial charge >= 0.3 is 0 Å². The zero-order valence-corrected chi connectivity index (χ0v) is 11.3. The number of hydrogen-bond donors (Lipinski definition) is 3. The molecule has 7 heteroatoms. The normalized spacial score (nSPS) is 21.6. The number of anilines is 1. The highest BCUT2D eigenvalue weighted by Gasteiger charge is 2.45. The predicted octanol–water partition coefficient (Wildman–Crippen LogP) is 0.692. The quantitative estimate of drug-likeness (QED) is 0.540. The monoisotopic (exact) mass is 270 g/mol. The molecule has 1 aromatic rings. The predicted molar refractivity (Wildman–Crippen MR) is 69.1 cm³/mol. The van der Waals surface area contributed by atoms with Crippen LogP contribution in [0.1, 0.15) is 20.3 Å². The number of nitrogens with one attached hydrogen (secondary N) is 2. The molecule has 1 aliphatic rings. The average molecular weight is 270 g/mol. The fourth-order valence-corrected chi connectivity index (χ4v) is 3.12. The summed E-state index contributed by atoms with van der Waals surface area (Å²) in [6, 6.07) is 1.52. The van der Waals surface area contributed by atoms with Crippen LogP contribution in [0, 0.1) is 11.3 Å². The highest BCUT2D eigenvalue weighted by molar-refractivity contribution is 7.89. The summed E-state index contributed by atoms with van der Waals surface area (Å²) >= 11 is 0. The van der Waals surface area contributed by atoms with Crippen LogP contribution in [-0.2, 0) is 10.0 Å². The molecule has 1 fully saturated rings. The van der Waals surface area contributed by atoms with Crippen LogP contribution in [0.3, 0.4) is 0 Å². The van der Waals surface area contributed by atoms with E-state index in [0.717, 1.165) is 6.42 Å². The minimum atomic E-state index is -3.56. The van der Waals surface area contributed by atoms with Gasteiger partial charge in [-0.1, -0.05) is 13.8 Å². The summed E-state index contributed by atoms with van der Waals surface area (Å²) in [5.74, 6) is 5.69. The molecule has 1 atom stereocenters. The molecule has 1 aromatic heterocycles. The Morgan fingerprint density at radius 3 is 2.78 bits per heavy atom. The number of nitrogen functional groups attached to an aromatic ring is 1. The molecule has 4 N–H and O–H groups in total. The second kappa shape index (κ2) is 4.49. The molecule has 0 bridgehead atoms. The Bertz CT molecular complexity index is 542. The number of nitrogens with two attached hydrogens (primary N) is 1. The minimum Gasteiger partial charge on any atom is -0.323 e. The lowest BCUT2D eigenvalue weighted by molar-refractivity contribution is 0.537. The Morgan fingerprint density at radius 2 is 2.22 bits per heavy atom. The van der Waals surface area contributed by atoms with Gasteiger partial charge in [0.05, 0.1) is 5.69 Å². The van der Waals surface area contributed by atoms with Crippen molar-refractivity contribution in [2.75, 3.05) is 12.0 Å². The molecule has 1 saturated carbocycles. The lowest BCUT2D eigenvalue weighted by Crippen LogP contribution is -2.28. The number of sulfonamides is 1. The van der Waals surface area contributed by atoms with Gasteiger partial charge in [-0.05, 0) is 23.8 Å². The second-order valence-electron chi connectivity index (χ2n) is 5.26. The zero-order valence-electron chi connectivity index (χ0n) is 10.5. The lowest BCUT2D eigenvalue weighted by Gasteiger charge is -2.10. The largest absolute Gasteiger partial charge is 0.323 e. The van der Waals surface area contributed by atoms with E-state index in [1.54, 1.807) is 0 Å². The van der Waals surface area contributed by atoms with Gasteiger partial charge in [0.15, 0.2) is 0 Å². The van der Waals surface area contributed by atoms with Crippen LogP contribution in [0.4, 0.5) is 5.69 Å². The van der Waals surface area contributed by atoms with Crippen LogP contribution in [0.5, 0.6) is 0 Å². The molecular weight excluding hydrogens is 252 g/mol. The molecule has 6 nitrogen and oxygen atoms in total. The van der Waals surface area contributed by atoms with Crippen LogP contribution < -0.4 is 16.0 Å². The summed E-state index contributed by atoms with van der Waals surface area (Å²) in [5, 5.41) is 0. The molecule has 100 valence electrons. The SMILES string of the molecule is CC1(C)CC1CNS(=O)(=O)c1cnccc1NN. The third-order valence-electron chi connectivity index (χ3n) is 3.47. The molecule has 0 spiro atoms. The standard InChI is InChI=1S/C11H18N4O2S/c1-11(2)5-8(11)6-14-18(16,17)10-7-13-4-3-9(10)15-12/h3-4,7-8,14H,5-6,12H2,1-2H3,(H,13,15). The minimum absolute atomic E-state index is 0.0750. The van der Waals surface area contributed by atoms with Gasteiger partial charge in [-0.25, -0.2) is 13.1 Å². The lowest BCUT2D eigenvalue weighted by atomic mass is 10.1. The van der Waals surface area contributed by atoms with Crippen molar-refractivity contribution in [1.82, 2.24) is 9.71 Å². The van der Waals surface area contributed by atoms with Gasteiger partial charge in [-0.3, -0.25) is 10.8 Å². The van der Waals surface area contributed by atoms with Crippen molar-refractivity contribution < 1.29 is 8.42 Å². The highest BCUT2D eigenvalue weighted by atomic mass is 32.2. The van der Waals surface area contributed by atoms with E-state index < -0.39 is 10.0 Å². The van der Waals surface area contributed by atoms with Crippen LogP contribution in [0.15, 0.2) is 23.4 Å². The summed E-state index contributed by atoms with van der Waals surface area (Å²) in [4.78, 5) is 3.89. The van der Waals surface area contributed by atoms with E-state index in [0.29, 0.717) is 18.2 Å². The summed E-state index contributed by atoms with van der Waals surface area (Å²) in [5.41, 5.74) is 2.94. The van der Waals surface area contributed by atoms with Gasteiger partial charge in [0.2, 0.25) is 10.0 Å². The van der Waals surface area contributed by atoms with Crippen molar-refractivity contribution in [2.24, 2.45) is 17.2 Å². The van der Waals surface area contributed by atoms with Crippen molar-refractivity contribution in [3.63, 3.8) is 0 Å². The van der Waals surface area contributed by atoms with Gasteiger partial charge in [-0.2, -0.15) is 0 Å². The number of aromatic nitrogens is 1. The number of pyridine rings is 1. The number of hydrogen-bond acceptors (Lipinski definition) is 5. The Kier molecular flexibility index (Phi) is 3.31. The average Bonchev–Trinajstić information content (AvgIpc) is 2.95. The molecule has 1 unspecified atom stereocenters. The summed E-state index contributed by atoms with van der Waals surface area (Å²) in [6.45, 7) is 4.71. The topological polar surface area (TPSA) is 97.1 Å². The molecule has 0 amide bonds. The fraction of sp³-hybridized carbons (Fsp3) is 0.545. The van der Waals surface area contributed by atoms with Crippen molar-refractivity contribution in [3.05, 3.63) is 18.5 Å². The van der Waals surface area contributed by atoms with Gasteiger partial charge in [0.1, 0.15) is 4.90 Å². The number of nitrogens with zero attached hydrogens (tertiary/aromatic N) is 1. The van der Waals surface area contributed by atoms with E-state index in [1.807, 2.05) is 0 Å². The van der Waals surface area contributed by atoms with Crippen molar-refractivity contribution >= 4 is 15.7 Å². The van der Waals surface area contributed by atoms with E-state index in [9.17, 15) is 8.42 Å². The maximum absolute atomic E-state index is 12.1. The van der Waals surface area contributed by atoms with Crippen molar-refractivity contribution in [3.8, 4) is 0 Å². The van der Waals surface area contributed by atoms with Gasteiger partial charge < -0.3 is 5.43 Å². The van der Waals surface area contributed by atoms with Gasteiger partial charge in [0, 0.05) is 18.9 Å². The summed E-state index contributed by atoms with van der Waals surface area (Å²) in [7, 11) is -3.56. The highest BCUT2D eigenvalue weighted by Crippen LogP contribution is 2.51. The number of rotatable bonds is 5. The maximum Gasteiger partial charge on any atom is 0.244 e. The van der Waals surface area contributed by atoms with E-state index in [-0.39, 0.29) is 10.3 Å². The Hall–Kier alpha value is -1.18. The molecule has 0 saturated heterocycles. The molecule has 0 aliphatic heterocycles. The molecular formula is C11H18N4O2S. The molecule has 0 aromatic carbocycles. The Labute approximate surface area is 107 Å². The third kappa shape index (κ3) is 2.63. The Morgan fingerprint density at radius 1 is 1.56 bits per heavy atom. The first-order valence-electron chi connectivity index (χ1n) is 5.77. The van der Waals surface area contributed by atoms with Crippen LogP contribution in [0.2, 0.25) is 0 Å². The second-order valence-corrected chi connectivity index (χ2v) is 6.99. The zero-order chi connectivity index (χ0) is 13.4. The maximum atomic E-state index is 12.1. The molecule has 1 heterocycles. The van der Waals surface area contributed by atoms with Gasteiger partial charge in [-0.15, -0.1) is 0 Å². The van der Waals surface area contributed by atoms with Crippen molar-refractivity contribution in [1.29, 1.82) is 0 Å². The molecule has 1 aliphatic carbocycles. The first-order valence-corrected chi connectivity index (χ1v) is 7.25. The molecule has 2 rings (SSSR count). The molecule has 0 radical (unpaired) electrons. The third-order valence-corrected chi connectivity index (χ3v) is 4.92. The van der Waals surface area contributed by atoms with Crippen LogP contribution in [0.25, 0.3) is 0 Å². The summed E-state index contributed by atoms with van der Waals surface area (Å²) in [6.07, 6.45) is 3.82. The first-order chi connectivity index (χ1) is 8.37. The smallest absolute Gasteiger partial charge is 0.244 e.